The van der Waals surface area contributed by atoms with E-state index in [1.807, 2.05) is 36.4 Å². The van der Waals surface area contributed by atoms with E-state index in [1.54, 1.807) is 32.4 Å². The van der Waals surface area contributed by atoms with Gasteiger partial charge < -0.3 is 14.8 Å². The number of methoxy groups -OCH3 is 2. The summed E-state index contributed by atoms with van der Waals surface area (Å²) in [6, 6.07) is 19.5. The molecule has 0 aliphatic carbocycles. The second-order valence-electron chi connectivity index (χ2n) is 5.51. The van der Waals surface area contributed by atoms with E-state index in [0.717, 1.165) is 10.9 Å². The maximum Gasteiger partial charge on any atom is 0.228 e. The van der Waals surface area contributed by atoms with Gasteiger partial charge in [0.15, 0.2) is 0 Å². The molecule has 4 heteroatoms. The van der Waals surface area contributed by atoms with Crippen molar-refractivity contribution in [3.8, 4) is 11.5 Å². The van der Waals surface area contributed by atoms with Crippen LogP contribution >= 0.6 is 0 Å². The number of carbonyl (C=O) groups excluding carboxylic acids is 1. The topological polar surface area (TPSA) is 47.6 Å². The Kier molecular flexibility index (Phi) is 4.66. The number of ether oxygens (including phenoxy) is 2. The first kappa shape index (κ1) is 15.9. The minimum Gasteiger partial charge on any atom is -0.497 e. The van der Waals surface area contributed by atoms with Crippen LogP contribution in [0.1, 0.15) is 5.56 Å². The van der Waals surface area contributed by atoms with Crippen LogP contribution in [0.25, 0.3) is 10.8 Å². The number of rotatable bonds is 5. The minimum absolute atomic E-state index is 0.0828. The highest BCUT2D eigenvalue weighted by Crippen LogP contribution is 2.26. The lowest BCUT2D eigenvalue weighted by atomic mass is 10.0. The molecule has 24 heavy (non-hydrogen) atoms. The summed E-state index contributed by atoms with van der Waals surface area (Å²) < 4.78 is 10.4. The molecule has 0 saturated heterocycles. The van der Waals surface area contributed by atoms with E-state index in [2.05, 4.69) is 11.4 Å². The zero-order chi connectivity index (χ0) is 16.9. The Bertz CT molecular complexity index is 851. The van der Waals surface area contributed by atoms with E-state index < -0.39 is 0 Å². The molecule has 0 aliphatic heterocycles. The van der Waals surface area contributed by atoms with Gasteiger partial charge in [-0.2, -0.15) is 0 Å². The van der Waals surface area contributed by atoms with Gasteiger partial charge in [0.25, 0.3) is 0 Å². The van der Waals surface area contributed by atoms with Gasteiger partial charge in [0.05, 0.1) is 20.6 Å². The summed E-state index contributed by atoms with van der Waals surface area (Å²) in [5.41, 5.74) is 1.62. The molecule has 4 nitrogen and oxygen atoms in total. The Balaban J connectivity index is 1.74. The Morgan fingerprint density at radius 3 is 2.21 bits per heavy atom. The van der Waals surface area contributed by atoms with Crippen LogP contribution in [0, 0.1) is 0 Å². The molecular formula is C20H19NO3. The smallest absolute Gasteiger partial charge is 0.228 e. The number of anilines is 1. The molecule has 0 saturated carbocycles. The minimum atomic E-state index is -0.0828. The molecule has 0 unspecified atom stereocenters. The van der Waals surface area contributed by atoms with Crippen molar-refractivity contribution < 1.29 is 14.3 Å². The summed E-state index contributed by atoms with van der Waals surface area (Å²) in [5.74, 6) is 1.19. The summed E-state index contributed by atoms with van der Waals surface area (Å²) in [5, 5.41) is 5.19. The molecule has 0 aliphatic rings. The number of hydrogen-bond acceptors (Lipinski definition) is 3. The molecule has 0 atom stereocenters. The average Bonchev–Trinajstić information content (AvgIpc) is 2.61. The Hall–Kier alpha value is -3.01. The summed E-state index contributed by atoms with van der Waals surface area (Å²) >= 11 is 0. The van der Waals surface area contributed by atoms with Crippen molar-refractivity contribution in [3.05, 3.63) is 66.2 Å². The number of nitrogens with one attached hydrogen (secondary N) is 1. The third kappa shape index (κ3) is 3.66. The lowest BCUT2D eigenvalue weighted by molar-refractivity contribution is -0.115. The van der Waals surface area contributed by atoms with Crippen LogP contribution < -0.4 is 14.8 Å². The van der Waals surface area contributed by atoms with Gasteiger partial charge in [-0.3, -0.25) is 4.79 Å². The first-order chi connectivity index (χ1) is 11.7. The first-order valence-electron chi connectivity index (χ1n) is 7.68. The molecule has 3 aromatic rings. The average molecular weight is 321 g/mol. The zero-order valence-electron chi connectivity index (χ0n) is 13.7. The van der Waals surface area contributed by atoms with Gasteiger partial charge in [-0.25, -0.2) is 0 Å². The first-order valence-corrected chi connectivity index (χ1v) is 7.68. The van der Waals surface area contributed by atoms with E-state index in [1.165, 1.54) is 5.39 Å². The summed E-state index contributed by atoms with van der Waals surface area (Å²) in [6.45, 7) is 0. The highest BCUT2D eigenvalue weighted by molar-refractivity contribution is 5.93. The molecule has 0 aromatic heterocycles. The molecule has 0 heterocycles. The SMILES string of the molecule is COc1cc(NC(=O)Cc2ccc3ccccc3c2)cc(OC)c1. The molecule has 3 rings (SSSR count). The van der Waals surface area contributed by atoms with Gasteiger partial charge in [0.1, 0.15) is 11.5 Å². The molecule has 1 N–H and O–H groups in total. The van der Waals surface area contributed by atoms with Crippen LogP contribution in [-0.2, 0) is 11.2 Å². The number of hydrogen-bond donors (Lipinski definition) is 1. The highest BCUT2D eigenvalue weighted by atomic mass is 16.5. The fourth-order valence-corrected chi connectivity index (χ4v) is 2.62. The molecule has 122 valence electrons. The van der Waals surface area contributed by atoms with Gasteiger partial charge in [-0.15, -0.1) is 0 Å². The maximum atomic E-state index is 12.3. The van der Waals surface area contributed by atoms with Crippen LogP contribution in [0.4, 0.5) is 5.69 Å². The highest BCUT2D eigenvalue weighted by Gasteiger charge is 2.08. The predicted molar refractivity (Wildman–Crippen MR) is 95.8 cm³/mol. The van der Waals surface area contributed by atoms with Crippen molar-refractivity contribution in [2.24, 2.45) is 0 Å². The molecule has 0 spiro atoms. The summed E-state index contributed by atoms with van der Waals surface area (Å²) in [7, 11) is 3.16. The van der Waals surface area contributed by atoms with Crippen molar-refractivity contribution in [1.82, 2.24) is 0 Å². The number of fused-ring (bicyclic) bond motifs is 1. The third-order valence-electron chi connectivity index (χ3n) is 3.81. The fourth-order valence-electron chi connectivity index (χ4n) is 2.62. The number of amides is 1. The van der Waals surface area contributed by atoms with Gasteiger partial charge in [-0.1, -0.05) is 42.5 Å². The van der Waals surface area contributed by atoms with Crippen molar-refractivity contribution >= 4 is 22.4 Å². The molecule has 0 fully saturated rings. The number of benzene rings is 3. The summed E-state index contributed by atoms with van der Waals surface area (Å²) in [4.78, 5) is 12.3. The lowest BCUT2D eigenvalue weighted by Gasteiger charge is -2.10. The van der Waals surface area contributed by atoms with Crippen LogP contribution in [-0.4, -0.2) is 20.1 Å². The van der Waals surface area contributed by atoms with Gasteiger partial charge in [0.2, 0.25) is 5.91 Å². The quantitative estimate of drug-likeness (QED) is 0.771. The van der Waals surface area contributed by atoms with Crippen molar-refractivity contribution in [2.75, 3.05) is 19.5 Å². The van der Waals surface area contributed by atoms with E-state index in [0.29, 0.717) is 23.6 Å². The van der Waals surface area contributed by atoms with E-state index in [9.17, 15) is 4.79 Å². The van der Waals surface area contributed by atoms with Crippen molar-refractivity contribution in [1.29, 1.82) is 0 Å². The fraction of sp³-hybridized carbons (Fsp3) is 0.150. The normalized spacial score (nSPS) is 10.4. The monoisotopic (exact) mass is 321 g/mol. The van der Waals surface area contributed by atoms with Crippen LogP contribution in [0.3, 0.4) is 0 Å². The van der Waals surface area contributed by atoms with Crippen LogP contribution in [0.5, 0.6) is 11.5 Å². The number of carbonyl (C=O) groups is 1. The molecule has 1 amide bonds. The largest absolute Gasteiger partial charge is 0.497 e. The Labute approximate surface area is 141 Å². The van der Waals surface area contributed by atoms with Crippen molar-refractivity contribution in [3.63, 3.8) is 0 Å². The van der Waals surface area contributed by atoms with Gasteiger partial charge in [-0.05, 0) is 16.3 Å². The Morgan fingerprint density at radius 2 is 1.54 bits per heavy atom. The standard InChI is InChI=1S/C20H19NO3/c1-23-18-11-17(12-19(13-18)24-2)21-20(22)10-14-7-8-15-5-3-4-6-16(15)9-14/h3-9,11-13H,10H2,1-2H3,(H,21,22). The van der Waals surface area contributed by atoms with E-state index in [4.69, 9.17) is 9.47 Å². The second kappa shape index (κ2) is 7.04. The second-order valence-corrected chi connectivity index (χ2v) is 5.51. The van der Waals surface area contributed by atoms with Crippen molar-refractivity contribution in [2.45, 2.75) is 6.42 Å². The van der Waals surface area contributed by atoms with Gasteiger partial charge >= 0.3 is 0 Å². The maximum absolute atomic E-state index is 12.3. The van der Waals surface area contributed by atoms with E-state index in [-0.39, 0.29) is 5.91 Å². The predicted octanol–water partition coefficient (Wildman–Crippen LogP) is 4.04. The lowest BCUT2D eigenvalue weighted by Crippen LogP contribution is -2.14. The molecule has 0 radical (unpaired) electrons. The van der Waals surface area contributed by atoms with Crippen LogP contribution in [0.2, 0.25) is 0 Å². The summed E-state index contributed by atoms with van der Waals surface area (Å²) in [6.07, 6.45) is 0.310. The third-order valence-corrected chi connectivity index (χ3v) is 3.81. The Morgan fingerprint density at radius 1 is 0.875 bits per heavy atom. The molecule has 3 aromatic carbocycles. The molecular weight excluding hydrogens is 302 g/mol. The van der Waals surface area contributed by atoms with Gasteiger partial charge in [0, 0.05) is 23.9 Å². The molecule has 0 bridgehead atoms. The van der Waals surface area contributed by atoms with Crippen LogP contribution in [0.15, 0.2) is 60.7 Å². The van der Waals surface area contributed by atoms with E-state index >= 15 is 0 Å². The zero-order valence-corrected chi connectivity index (χ0v) is 13.7.